The van der Waals surface area contributed by atoms with Gasteiger partial charge in [0.15, 0.2) is 0 Å². The first kappa shape index (κ1) is 13.4. The number of hydrogen-bond donors (Lipinski definition) is 1. The number of nitrogens with one attached hydrogen (secondary N) is 1. The molecule has 1 saturated carbocycles. The second-order valence-electron chi connectivity index (χ2n) is 5.81. The van der Waals surface area contributed by atoms with Crippen molar-refractivity contribution in [2.45, 2.75) is 45.1 Å². The zero-order chi connectivity index (χ0) is 13.9. The van der Waals surface area contributed by atoms with Gasteiger partial charge in [0.1, 0.15) is 0 Å². The quantitative estimate of drug-likeness (QED) is 0.909. The van der Waals surface area contributed by atoms with E-state index in [1.54, 1.807) is 7.11 Å². The molecule has 20 heavy (non-hydrogen) atoms. The van der Waals surface area contributed by atoms with Crippen molar-refractivity contribution in [3.8, 4) is 6.01 Å². The van der Waals surface area contributed by atoms with E-state index in [1.807, 2.05) is 0 Å². The van der Waals surface area contributed by atoms with Gasteiger partial charge in [-0.05, 0) is 25.2 Å². The first-order valence-corrected chi connectivity index (χ1v) is 7.58. The Labute approximate surface area is 120 Å². The second-order valence-corrected chi connectivity index (χ2v) is 5.81. The standard InChI is InChI=1S/C14H23N5O/c1-10-9-11(10)15-12-16-13(18-14(17-12)20-2)19-7-5-3-4-6-8-19/h10-11H,3-9H2,1-2H3,(H,15,16,17,18)/t10-,11+/m0/s1. The molecule has 1 aliphatic carbocycles. The number of rotatable bonds is 4. The summed E-state index contributed by atoms with van der Waals surface area (Å²) < 4.78 is 5.22. The van der Waals surface area contributed by atoms with E-state index < -0.39 is 0 Å². The molecule has 0 unspecified atom stereocenters. The lowest BCUT2D eigenvalue weighted by Gasteiger charge is -2.20. The van der Waals surface area contributed by atoms with Crippen LogP contribution in [-0.4, -0.2) is 41.2 Å². The van der Waals surface area contributed by atoms with Gasteiger partial charge in [0.25, 0.3) is 0 Å². The van der Waals surface area contributed by atoms with Crippen LogP contribution in [0.15, 0.2) is 0 Å². The van der Waals surface area contributed by atoms with E-state index in [0.29, 0.717) is 23.9 Å². The highest BCUT2D eigenvalue weighted by Crippen LogP contribution is 2.32. The third-order valence-corrected chi connectivity index (χ3v) is 4.10. The van der Waals surface area contributed by atoms with Crippen LogP contribution in [0.3, 0.4) is 0 Å². The number of nitrogens with zero attached hydrogens (tertiary/aromatic N) is 4. The second kappa shape index (κ2) is 5.81. The van der Waals surface area contributed by atoms with Gasteiger partial charge in [-0.2, -0.15) is 15.0 Å². The SMILES string of the molecule is COc1nc(N[C@@H]2C[C@@H]2C)nc(N2CCCCCC2)n1. The van der Waals surface area contributed by atoms with Gasteiger partial charge < -0.3 is 15.0 Å². The molecule has 0 spiro atoms. The maximum Gasteiger partial charge on any atom is 0.322 e. The van der Waals surface area contributed by atoms with E-state index >= 15 is 0 Å². The van der Waals surface area contributed by atoms with Gasteiger partial charge in [-0.1, -0.05) is 19.8 Å². The molecule has 2 heterocycles. The number of anilines is 2. The third-order valence-electron chi connectivity index (χ3n) is 4.10. The largest absolute Gasteiger partial charge is 0.467 e. The van der Waals surface area contributed by atoms with Gasteiger partial charge in [0.05, 0.1) is 7.11 Å². The van der Waals surface area contributed by atoms with Crippen LogP contribution >= 0.6 is 0 Å². The molecule has 1 aromatic heterocycles. The van der Waals surface area contributed by atoms with E-state index in [0.717, 1.165) is 19.0 Å². The van der Waals surface area contributed by atoms with E-state index in [2.05, 4.69) is 32.1 Å². The molecular formula is C14H23N5O. The Bertz CT molecular complexity index is 459. The first-order chi connectivity index (χ1) is 9.76. The number of aromatic nitrogens is 3. The van der Waals surface area contributed by atoms with Crippen LogP contribution in [0.4, 0.5) is 11.9 Å². The minimum atomic E-state index is 0.398. The average Bonchev–Trinajstić information content (AvgIpc) is 3.20. The molecule has 110 valence electrons. The van der Waals surface area contributed by atoms with Gasteiger partial charge in [0, 0.05) is 19.1 Å². The first-order valence-electron chi connectivity index (χ1n) is 7.58. The summed E-state index contributed by atoms with van der Waals surface area (Å²) in [6, 6.07) is 0.897. The Morgan fingerprint density at radius 2 is 1.80 bits per heavy atom. The fraction of sp³-hybridized carbons (Fsp3) is 0.786. The maximum atomic E-state index is 5.22. The van der Waals surface area contributed by atoms with Crippen LogP contribution in [-0.2, 0) is 0 Å². The monoisotopic (exact) mass is 277 g/mol. The molecule has 0 radical (unpaired) electrons. The van der Waals surface area contributed by atoms with Crippen molar-refractivity contribution in [2.75, 3.05) is 30.4 Å². The molecule has 0 amide bonds. The lowest BCUT2D eigenvalue weighted by Crippen LogP contribution is -2.27. The lowest BCUT2D eigenvalue weighted by molar-refractivity contribution is 0.378. The van der Waals surface area contributed by atoms with Gasteiger partial charge in [0.2, 0.25) is 11.9 Å². The minimum Gasteiger partial charge on any atom is -0.467 e. The Hall–Kier alpha value is -1.59. The summed E-state index contributed by atoms with van der Waals surface area (Å²) in [5.41, 5.74) is 0. The number of methoxy groups -OCH3 is 1. The molecule has 2 aliphatic rings. The summed E-state index contributed by atoms with van der Waals surface area (Å²) in [5.74, 6) is 2.10. The predicted molar refractivity (Wildman–Crippen MR) is 78.3 cm³/mol. The van der Waals surface area contributed by atoms with Gasteiger partial charge in [-0.3, -0.25) is 0 Å². The molecule has 0 aromatic carbocycles. The smallest absolute Gasteiger partial charge is 0.322 e. The summed E-state index contributed by atoms with van der Waals surface area (Å²) >= 11 is 0. The summed E-state index contributed by atoms with van der Waals surface area (Å²) in [6.45, 7) is 4.27. The van der Waals surface area contributed by atoms with Gasteiger partial charge in [-0.25, -0.2) is 0 Å². The van der Waals surface area contributed by atoms with Gasteiger partial charge >= 0.3 is 6.01 Å². The zero-order valence-corrected chi connectivity index (χ0v) is 12.3. The van der Waals surface area contributed by atoms with Crippen molar-refractivity contribution in [2.24, 2.45) is 5.92 Å². The van der Waals surface area contributed by atoms with Crippen LogP contribution in [0, 0.1) is 5.92 Å². The highest BCUT2D eigenvalue weighted by Gasteiger charge is 2.33. The van der Waals surface area contributed by atoms with E-state index in [9.17, 15) is 0 Å². The molecular weight excluding hydrogens is 254 g/mol. The number of ether oxygens (including phenoxy) is 1. The number of hydrogen-bond acceptors (Lipinski definition) is 6. The van der Waals surface area contributed by atoms with Crippen molar-refractivity contribution >= 4 is 11.9 Å². The van der Waals surface area contributed by atoms with Crippen LogP contribution in [0.1, 0.15) is 39.0 Å². The normalized spacial score (nSPS) is 26.0. The summed E-state index contributed by atoms with van der Waals surface area (Å²) in [6.07, 6.45) is 6.19. The highest BCUT2D eigenvalue weighted by molar-refractivity contribution is 5.40. The van der Waals surface area contributed by atoms with E-state index in [-0.39, 0.29) is 0 Å². The van der Waals surface area contributed by atoms with Crippen LogP contribution in [0.2, 0.25) is 0 Å². The van der Waals surface area contributed by atoms with Crippen molar-refractivity contribution in [3.63, 3.8) is 0 Å². The van der Waals surface area contributed by atoms with Crippen LogP contribution in [0.5, 0.6) is 6.01 Å². The topological polar surface area (TPSA) is 63.2 Å². The van der Waals surface area contributed by atoms with Gasteiger partial charge in [-0.15, -0.1) is 0 Å². The lowest BCUT2D eigenvalue weighted by atomic mass is 10.2. The fourth-order valence-electron chi connectivity index (χ4n) is 2.60. The predicted octanol–water partition coefficient (Wildman–Crippen LogP) is 2.08. The molecule has 2 fully saturated rings. The molecule has 6 heteroatoms. The summed E-state index contributed by atoms with van der Waals surface area (Å²) in [5, 5.41) is 3.37. The molecule has 0 bridgehead atoms. The zero-order valence-electron chi connectivity index (χ0n) is 12.3. The van der Waals surface area contributed by atoms with E-state index in [4.69, 9.17) is 4.74 Å². The Kier molecular flexibility index (Phi) is 3.89. The average molecular weight is 277 g/mol. The van der Waals surface area contributed by atoms with Crippen molar-refractivity contribution in [3.05, 3.63) is 0 Å². The van der Waals surface area contributed by atoms with Crippen LogP contribution in [0.25, 0.3) is 0 Å². The molecule has 1 aliphatic heterocycles. The summed E-state index contributed by atoms with van der Waals surface area (Å²) in [7, 11) is 1.60. The van der Waals surface area contributed by atoms with Crippen molar-refractivity contribution in [1.82, 2.24) is 15.0 Å². The molecule has 6 nitrogen and oxygen atoms in total. The summed E-state index contributed by atoms with van der Waals surface area (Å²) in [4.78, 5) is 15.5. The maximum absolute atomic E-state index is 5.22. The Morgan fingerprint density at radius 1 is 1.10 bits per heavy atom. The third kappa shape index (κ3) is 3.11. The Balaban J connectivity index is 1.79. The van der Waals surface area contributed by atoms with Crippen molar-refractivity contribution < 1.29 is 4.74 Å². The van der Waals surface area contributed by atoms with Crippen molar-refractivity contribution in [1.29, 1.82) is 0 Å². The Morgan fingerprint density at radius 3 is 2.40 bits per heavy atom. The van der Waals surface area contributed by atoms with Crippen LogP contribution < -0.4 is 15.0 Å². The van der Waals surface area contributed by atoms with E-state index in [1.165, 1.54) is 32.1 Å². The molecule has 1 aromatic rings. The fourth-order valence-corrected chi connectivity index (χ4v) is 2.60. The molecule has 3 rings (SSSR count). The highest BCUT2D eigenvalue weighted by atomic mass is 16.5. The minimum absolute atomic E-state index is 0.398. The molecule has 1 saturated heterocycles. The molecule has 1 N–H and O–H groups in total. The molecule has 2 atom stereocenters.